The Morgan fingerprint density at radius 2 is 2.25 bits per heavy atom. The van der Waals surface area contributed by atoms with Crippen LogP contribution in [-0.4, -0.2) is 9.78 Å². The van der Waals surface area contributed by atoms with Crippen LogP contribution in [0.15, 0.2) is 30.3 Å². The minimum Gasteiger partial charge on any atom is -0.271 e. The van der Waals surface area contributed by atoms with E-state index in [1.807, 2.05) is 11.7 Å². The molecular formula is C16H22N4. The Balaban J connectivity index is 1.77. The number of hydrazine groups is 1. The fourth-order valence-corrected chi connectivity index (χ4v) is 3.17. The second-order valence-electron chi connectivity index (χ2n) is 5.59. The number of rotatable bonds is 5. The quantitative estimate of drug-likeness (QED) is 0.647. The first-order valence-corrected chi connectivity index (χ1v) is 7.29. The molecule has 3 N–H and O–H groups in total. The van der Waals surface area contributed by atoms with Gasteiger partial charge in [-0.05, 0) is 42.4 Å². The van der Waals surface area contributed by atoms with Crippen molar-refractivity contribution in [3.05, 3.63) is 52.8 Å². The van der Waals surface area contributed by atoms with Gasteiger partial charge in [-0.25, -0.2) is 0 Å². The van der Waals surface area contributed by atoms with Gasteiger partial charge in [0.25, 0.3) is 0 Å². The van der Waals surface area contributed by atoms with Gasteiger partial charge in [0.1, 0.15) is 0 Å². The highest BCUT2D eigenvalue weighted by Gasteiger charge is 2.29. The highest BCUT2D eigenvalue weighted by atomic mass is 15.3. The molecule has 0 spiro atoms. The summed E-state index contributed by atoms with van der Waals surface area (Å²) >= 11 is 0. The molecule has 4 heteroatoms. The van der Waals surface area contributed by atoms with E-state index in [0.717, 1.165) is 25.0 Å². The van der Waals surface area contributed by atoms with Crippen molar-refractivity contribution in [1.29, 1.82) is 0 Å². The van der Waals surface area contributed by atoms with Crippen molar-refractivity contribution in [2.75, 3.05) is 0 Å². The first-order chi connectivity index (χ1) is 9.72. The third-order valence-corrected chi connectivity index (χ3v) is 4.37. The van der Waals surface area contributed by atoms with Gasteiger partial charge in [-0.1, -0.05) is 31.2 Å². The van der Waals surface area contributed by atoms with E-state index in [9.17, 15) is 0 Å². The molecule has 2 unspecified atom stereocenters. The summed E-state index contributed by atoms with van der Waals surface area (Å²) < 4.78 is 1.95. The average Bonchev–Trinajstić information content (AvgIpc) is 2.82. The Morgan fingerprint density at radius 1 is 1.45 bits per heavy atom. The second-order valence-corrected chi connectivity index (χ2v) is 5.59. The Bertz CT molecular complexity index is 602. The maximum Gasteiger partial charge on any atom is 0.0635 e. The monoisotopic (exact) mass is 270 g/mol. The Morgan fingerprint density at radius 3 is 2.90 bits per heavy atom. The zero-order valence-electron chi connectivity index (χ0n) is 12.1. The van der Waals surface area contributed by atoms with Gasteiger partial charge in [0.15, 0.2) is 0 Å². The second kappa shape index (κ2) is 5.38. The summed E-state index contributed by atoms with van der Waals surface area (Å²) in [5, 5.41) is 4.51. The van der Waals surface area contributed by atoms with Gasteiger partial charge in [-0.3, -0.25) is 16.0 Å². The third-order valence-electron chi connectivity index (χ3n) is 4.37. The van der Waals surface area contributed by atoms with Crippen molar-refractivity contribution in [2.45, 2.75) is 38.1 Å². The fraction of sp³-hybridized carbons (Fsp3) is 0.438. The zero-order valence-corrected chi connectivity index (χ0v) is 12.1. The molecule has 2 aromatic rings. The normalized spacial score (nSPS) is 18.4. The minimum atomic E-state index is 0.158. The highest BCUT2D eigenvalue weighted by Crippen LogP contribution is 2.40. The van der Waals surface area contributed by atoms with Gasteiger partial charge < -0.3 is 0 Å². The summed E-state index contributed by atoms with van der Waals surface area (Å²) in [6, 6.07) is 11.0. The van der Waals surface area contributed by atoms with Crippen LogP contribution >= 0.6 is 0 Å². The van der Waals surface area contributed by atoms with Crippen LogP contribution < -0.4 is 11.3 Å². The van der Waals surface area contributed by atoms with E-state index in [-0.39, 0.29) is 6.04 Å². The molecule has 2 atom stereocenters. The molecule has 1 aliphatic rings. The SMILES string of the molecule is CCc1cc(C(CC2Cc3ccccc32)NN)n(C)n1. The van der Waals surface area contributed by atoms with Gasteiger partial charge in [-0.2, -0.15) is 5.10 Å². The number of hydrogen-bond donors (Lipinski definition) is 2. The van der Waals surface area contributed by atoms with Gasteiger partial charge >= 0.3 is 0 Å². The number of aromatic nitrogens is 2. The molecule has 4 nitrogen and oxygen atoms in total. The molecule has 0 bridgehead atoms. The summed E-state index contributed by atoms with van der Waals surface area (Å²) in [7, 11) is 1.99. The molecule has 0 amide bonds. The van der Waals surface area contributed by atoms with Gasteiger partial charge in [-0.15, -0.1) is 0 Å². The molecule has 1 aliphatic carbocycles. The van der Waals surface area contributed by atoms with E-state index in [4.69, 9.17) is 5.84 Å². The smallest absolute Gasteiger partial charge is 0.0635 e. The molecule has 106 valence electrons. The summed E-state index contributed by atoms with van der Waals surface area (Å²) in [4.78, 5) is 0. The van der Waals surface area contributed by atoms with Crippen LogP contribution in [0.3, 0.4) is 0 Å². The lowest BCUT2D eigenvalue weighted by Crippen LogP contribution is -2.32. The van der Waals surface area contributed by atoms with E-state index in [1.54, 1.807) is 0 Å². The zero-order chi connectivity index (χ0) is 14.1. The van der Waals surface area contributed by atoms with Crippen LogP contribution in [0, 0.1) is 0 Å². The van der Waals surface area contributed by atoms with Crippen LogP contribution in [0.2, 0.25) is 0 Å². The predicted molar refractivity (Wildman–Crippen MR) is 80.2 cm³/mol. The molecule has 3 rings (SSSR count). The van der Waals surface area contributed by atoms with E-state index in [2.05, 4.69) is 47.8 Å². The lowest BCUT2D eigenvalue weighted by Gasteiger charge is -2.32. The van der Waals surface area contributed by atoms with Gasteiger partial charge in [0, 0.05) is 7.05 Å². The molecular weight excluding hydrogens is 248 g/mol. The third kappa shape index (κ3) is 2.25. The standard InChI is InChI=1S/C16H22N4/c1-3-13-10-16(20(2)19-13)15(18-17)9-12-8-11-6-4-5-7-14(11)12/h4-7,10,12,15,18H,3,8-9,17H2,1-2H3. The molecule has 20 heavy (non-hydrogen) atoms. The number of hydrogen-bond acceptors (Lipinski definition) is 3. The van der Waals surface area contributed by atoms with E-state index >= 15 is 0 Å². The first kappa shape index (κ1) is 13.3. The number of nitrogens with two attached hydrogens (primary N) is 1. The van der Waals surface area contributed by atoms with Crippen molar-refractivity contribution in [1.82, 2.24) is 15.2 Å². The number of nitrogens with one attached hydrogen (secondary N) is 1. The van der Waals surface area contributed by atoms with Crippen molar-refractivity contribution in [2.24, 2.45) is 12.9 Å². The molecule has 1 aromatic heterocycles. The maximum atomic E-state index is 5.78. The summed E-state index contributed by atoms with van der Waals surface area (Å²) in [6.07, 6.45) is 3.14. The lowest BCUT2D eigenvalue weighted by molar-refractivity contribution is 0.416. The van der Waals surface area contributed by atoms with Crippen LogP contribution in [0.1, 0.15) is 47.8 Å². The highest BCUT2D eigenvalue weighted by molar-refractivity contribution is 5.40. The molecule has 0 aliphatic heterocycles. The first-order valence-electron chi connectivity index (χ1n) is 7.29. The van der Waals surface area contributed by atoms with Crippen LogP contribution in [0.25, 0.3) is 0 Å². The molecule has 0 saturated heterocycles. The van der Waals surface area contributed by atoms with Crippen LogP contribution in [0.4, 0.5) is 0 Å². The van der Waals surface area contributed by atoms with Crippen molar-refractivity contribution >= 4 is 0 Å². The topological polar surface area (TPSA) is 55.9 Å². The predicted octanol–water partition coefficient (Wildman–Crippen LogP) is 2.22. The van der Waals surface area contributed by atoms with Crippen LogP contribution in [0.5, 0.6) is 0 Å². The number of benzene rings is 1. The molecule has 0 fully saturated rings. The van der Waals surface area contributed by atoms with Gasteiger partial charge in [0.2, 0.25) is 0 Å². The van der Waals surface area contributed by atoms with Crippen molar-refractivity contribution in [3.8, 4) is 0 Å². The average molecular weight is 270 g/mol. The van der Waals surface area contributed by atoms with Crippen LogP contribution in [-0.2, 0) is 19.9 Å². The molecule has 0 saturated carbocycles. The Labute approximate surface area is 120 Å². The van der Waals surface area contributed by atoms with Crippen molar-refractivity contribution < 1.29 is 0 Å². The van der Waals surface area contributed by atoms with Gasteiger partial charge in [0.05, 0.1) is 17.4 Å². The summed E-state index contributed by atoms with van der Waals surface area (Å²) in [5.74, 6) is 6.38. The fourth-order valence-electron chi connectivity index (χ4n) is 3.17. The van der Waals surface area contributed by atoms with E-state index < -0.39 is 0 Å². The van der Waals surface area contributed by atoms with Crippen molar-refractivity contribution in [3.63, 3.8) is 0 Å². The van der Waals surface area contributed by atoms with E-state index in [1.165, 1.54) is 16.8 Å². The number of fused-ring (bicyclic) bond motifs is 1. The Kier molecular flexibility index (Phi) is 3.59. The summed E-state index contributed by atoms with van der Waals surface area (Å²) in [6.45, 7) is 2.12. The Hall–Kier alpha value is -1.65. The largest absolute Gasteiger partial charge is 0.271 e. The molecule has 1 aromatic carbocycles. The lowest BCUT2D eigenvalue weighted by atomic mass is 9.74. The number of aryl methyl sites for hydroxylation is 2. The summed E-state index contributed by atoms with van der Waals surface area (Å²) in [5.41, 5.74) is 8.22. The molecule has 0 radical (unpaired) electrons. The number of nitrogens with zero attached hydrogens (tertiary/aromatic N) is 2. The molecule has 1 heterocycles. The maximum absolute atomic E-state index is 5.78. The van der Waals surface area contributed by atoms with E-state index in [0.29, 0.717) is 5.92 Å². The minimum absolute atomic E-state index is 0.158.